The van der Waals surface area contributed by atoms with Crippen LogP contribution in [0.25, 0.3) is 10.2 Å². The summed E-state index contributed by atoms with van der Waals surface area (Å²) in [6, 6.07) is 1.96. The highest BCUT2D eigenvalue weighted by Gasteiger charge is 2.16. The molecule has 0 amide bonds. The molecule has 0 saturated heterocycles. The number of halogens is 1. The molecule has 0 aliphatic carbocycles. The van der Waals surface area contributed by atoms with Gasteiger partial charge in [0.25, 0.3) is 0 Å². The van der Waals surface area contributed by atoms with Crippen LogP contribution in [0.4, 0.5) is 0 Å². The predicted octanol–water partition coefficient (Wildman–Crippen LogP) is 3.15. The number of rotatable bonds is 1. The van der Waals surface area contributed by atoms with Crippen LogP contribution < -0.4 is 0 Å². The van der Waals surface area contributed by atoms with Crippen molar-refractivity contribution >= 4 is 43.5 Å². The lowest BCUT2D eigenvalue weighted by molar-refractivity contribution is 0.0605. The van der Waals surface area contributed by atoms with Gasteiger partial charge in [0.15, 0.2) is 0 Å². The maximum Gasteiger partial charge on any atom is 0.348 e. The Bertz CT molecular complexity index is 535. The van der Waals surface area contributed by atoms with Gasteiger partial charge in [-0.05, 0) is 34.5 Å². The largest absolute Gasteiger partial charge is 0.465 e. The lowest BCUT2D eigenvalue weighted by Gasteiger charge is -1.95. The Labute approximate surface area is 99.2 Å². The minimum Gasteiger partial charge on any atom is -0.465 e. The summed E-state index contributed by atoms with van der Waals surface area (Å²) in [7, 11) is 1.38. The number of nitrogens with zero attached hydrogens (tertiary/aromatic N) is 1. The van der Waals surface area contributed by atoms with E-state index in [-0.39, 0.29) is 5.97 Å². The highest BCUT2D eigenvalue weighted by Crippen LogP contribution is 2.31. The van der Waals surface area contributed by atoms with Crippen LogP contribution in [0, 0.1) is 6.92 Å². The Morgan fingerprint density at radius 1 is 1.60 bits per heavy atom. The van der Waals surface area contributed by atoms with Gasteiger partial charge < -0.3 is 4.74 Å². The molecule has 0 fully saturated rings. The second kappa shape index (κ2) is 3.90. The number of hydrogen-bond donors (Lipinski definition) is 0. The predicted molar refractivity (Wildman–Crippen MR) is 63.4 cm³/mol. The van der Waals surface area contributed by atoms with Crippen LogP contribution in [0.3, 0.4) is 0 Å². The lowest BCUT2D eigenvalue weighted by Crippen LogP contribution is -1.99. The molecule has 0 spiro atoms. The third kappa shape index (κ3) is 1.77. The van der Waals surface area contributed by atoms with Crippen molar-refractivity contribution in [2.75, 3.05) is 7.11 Å². The number of thiophene rings is 1. The molecule has 0 unspecified atom stereocenters. The molecule has 0 bridgehead atoms. The van der Waals surface area contributed by atoms with Crippen LogP contribution in [0.2, 0.25) is 0 Å². The van der Waals surface area contributed by atoms with Crippen LogP contribution in [-0.4, -0.2) is 18.1 Å². The van der Waals surface area contributed by atoms with E-state index in [1.54, 1.807) is 6.20 Å². The Balaban J connectivity index is 2.69. The third-order valence-corrected chi connectivity index (χ3v) is 3.76. The molecule has 2 aromatic heterocycles. The molecule has 2 heterocycles. The number of hydrogen-bond acceptors (Lipinski definition) is 4. The minimum absolute atomic E-state index is 0.299. The van der Waals surface area contributed by atoms with Crippen molar-refractivity contribution in [1.82, 2.24) is 4.98 Å². The summed E-state index contributed by atoms with van der Waals surface area (Å²) in [4.78, 5) is 17.2. The smallest absolute Gasteiger partial charge is 0.348 e. The van der Waals surface area contributed by atoms with Gasteiger partial charge >= 0.3 is 5.97 Å². The molecule has 0 radical (unpaired) electrons. The van der Waals surface area contributed by atoms with Gasteiger partial charge in [0, 0.05) is 16.1 Å². The first-order valence-electron chi connectivity index (χ1n) is 4.26. The van der Waals surface area contributed by atoms with Crippen molar-refractivity contribution in [3.8, 4) is 0 Å². The lowest BCUT2D eigenvalue weighted by atomic mass is 10.2. The maximum atomic E-state index is 11.4. The number of carbonyl (C=O) groups excluding carboxylic acids is 1. The maximum absolute atomic E-state index is 11.4. The highest BCUT2D eigenvalue weighted by molar-refractivity contribution is 9.10. The number of carbonyl (C=O) groups is 1. The summed E-state index contributed by atoms with van der Waals surface area (Å²) >= 11 is 4.71. The number of aryl methyl sites for hydroxylation is 1. The Kier molecular flexibility index (Phi) is 2.75. The van der Waals surface area contributed by atoms with Gasteiger partial charge in [-0.3, -0.25) is 0 Å². The molecule has 0 N–H and O–H groups in total. The van der Waals surface area contributed by atoms with E-state index in [2.05, 4.69) is 20.9 Å². The van der Waals surface area contributed by atoms with Gasteiger partial charge in [0.05, 0.1) is 7.11 Å². The van der Waals surface area contributed by atoms with Crippen molar-refractivity contribution in [1.29, 1.82) is 0 Å². The quantitative estimate of drug-likeness (QED) is 0.756. The third-order valence-electron chi connectivity index (χ3n) is 2.13. The first-order valence-corrected chi connectivity index (χ1v) is 5.87. The van der Waals surface area contributed by atoms with Crippen LogP contribution in [0.1, 0.15) is 15.2 Å². The van der Waals surface area contributed by atoms with Gasteiger partial charge in [0.1, 0.15) is 9.71 Å². The molecule has 0 atom stereocenters. The Hall–Kier alpha value is -0.940. The monoisotopic (exact) mass is 285 g/mol. The summed E-state index contributed by atoms with van der Waals surface area (Å²) in [5.74, 6) is -0.299. The fourth-order valence-corrected chi connectivity index (χ4v) is 2.74. The van der Waals surface area contributed by atoms with E-state index < -0.39 is 0 Å². The first-order chi connectivity index (χ1) is 7.13. The normalized spacial score (nSPS) is 10.6. The molecule has 3 nitrogen and oxygen atoms in total. The molecule has 0 aliphatic rings. The molecule has 5 heteroatoms. The number of methoxy groups -OCH3 is 1. The van der Waals surface area contributed by atoms with Gasteiger partial charge in [-0.15, -0.1) is 11.3 Å². The van der Waals surface area contributed by atoms with Gasteiger partial charge in [0.2, 0.25) is 0 Å². The zero-order valence-electron chi connectivity index (χ0n) is 8.20. The number of aromatic nitrogens is 1. The second-order valence-electron chi connectivity index (χ2n) is 3.05. The van der Waals surface area contributed by atoms with Crippen molar-refractivity contribution < 1.29 is 9.53 Å². The zero-order valence-corrected chi connectivity index (χ0v) is 10.6. The van der Waals surface area contributed by atoms with E-state index >= 15 is 0 Å². The molecule has 0 aromatic carbocycles. The van der Waals surface area contributed by atoms with Crippen LogP contribution in [0.15, 0.2) is 16.7 Å². The average molecular weight is 286 g/mol. The zero-order chi connectivity index (χ0) is 11.0. The van der Waals surface area contributed by atoms with Crippen molar-refractivity contribution in [3.05, 3.63) is 27.2 Å². The van der Waals surface area contributed by atoms with E-state index in [0.717, 1.165) is 20.3 Å². The number of ether oxygens (including phenoxy) is 1. The SMILES string of the molecule is COC(=O)c1sc2ncc(Br)cc2c1C. The summed E-state index contributed by atoms with van der Waals surface area (Å²) in [5.41, 5.74) is 0.927. The Morgan fingerprint density at radius 2 is 2.33 bits per heavy atom. The van der Waals surface area contributed by atoms with Crippen molar-refractivity contribution in [2.45, 2.75) is 6.92 Å². The van der Waals surface area contributed by atoms with E-state index in [0.29, 0.717) is 4.88 Å². The van der Waals surface area contributed by atoms with Crippen molar-refractivity contribution in [3.63, 3.8) is 0 Å². The van der Waals surface area contributed by atoms with Gasteiger partial charge in [-0.1, -0.05) is 0 Å². The molecule has 2 aromatic rings. The highest BCUT2D eigenvalue weighted by atomic mass is 79.9. The molecular weight excluding hydrogens is 278 g/mol. The van der Waals surface area contributed by atoms with Gasteiger partial charge in [-0.2, -0.15) is 0 Å². The summed E-state index contributed by atoms with van der Waals surface area (Å²) < 4.78 is 5.62. The number of pyridine rings is 1. The van der Waals surface area contributed by atoms with E-state index in [4.69, 9.17) is 4.74 Å². The number of esters is 1. The molecule has 2 rings (SSSR count). The topological polar surface area (TPSA) is 39.2 Å². The van der Waals surface area contributed by atoms with Crippen molar-refractivity contribution in [2.24, 2.45) is 0 Å². The molecule has 15 heavy (non-hydrogen) atoms. The van der Waals surface area contributed by atoms with E-state index in [9.17, 15) is 4.79 Å². The minimum atomic E-state index is -0.299. The standard InChI is InChI=1S/C10H8BrNO2S/c1-5-7-3-6(11)4-12-9(7)15-8(5)10(13)14-2/h3-4H,1-2H3. The summed E-state index contributed by atoms with van der Waals surface area (Å²) in [6.45, 7) is 1.90. The molecule has 0 aliphatic heterocycles. The molecular formula is C10H8BrNO2S. The average Bonchev–Trinajstić information content (AvgIpc) is 2.55. The van der Waals surface area contributed by atoms with Crippen LogP contribution >= 0.6 is 27.3 Å². The van der Waals surface area contributed by atoms with Crippen LogP contribution in [0.5, 0.6) is 0 Å². The first kappa shape index (κ1) is 10.6. The second-order valence-corrected chi connectivity index (χ2v) is 4.97. The van der Waals surface area contributed by atoms with Gasteiger partial charge in [-0.25, -0.2) is 9.78 Å². The number of fused-ring (bicyclic) bond motifs is 1. The van der Waals surface area contributed by atoms with E-state index in [1.165, 1.54) is 18.4 Å². The van der Waals surface area contributed by atoms with E-state index in [1.807, 2.05) is 13.0 Å². The summed E-state index contributed by atoms with van der Waals surface area (Å²) in [5, 5.41) is 0.995. The Morgan fingerprint density at radius 3 is 3.00 bits per heavy atom. The fraction of sp³-hybridized carbons (Fsp3) is 0.200. The summed E-state index contributed by atoms with van der Waals surface area (Å²) in [6.07, 6.45) is 1.72. The molecule has 0 saturated carbocycles. The molecule has 78 valence electrons. The van der Waals surface area contributed by atoms with Crippen LogP contribution in [-0.2, 0) is 4.74 Å². The fourth-order valence-electron chi connectivity index (χ4n) is 1.36.